The monoisotopic (exact) mass is 424 g/mol. The fraction of sp³-hybridized carbons (Fsp3) is 0.450. The standard InChI is InChI=1S/C20H22F2N2O6/c1-10-11(2)24(27)16(23(10)5)14(12-7-6-8-13(9-12)28-19(21)22)15-17(25)29-20(3,4)30-18(15)26/h6-9,14-15,19H,1-5H3. The maximum absolute atomic E-state index is 12.9. The minimum absolute atomic E-state index is 0.0674. The fourth-order valence-electron chi connectivity index (χ4n) is 3.58. The van der Waals surface area contributed by atoms with Crippen LogP contribution in [0, 0.1) is 25.0 Å². The van der Waals surface area contributed by atoms with Crippen molar-refractivity contribution in [1.29, 1.82) is 0 Å². The molecule has 1 unspecified atom stereocenters. The van der Waals surface area contributed by atoms with Gasteiger partial charge in [-0.2, -0.15) is 8.78 Å². The largest absolute Gasteiger partial charge is 0.711 e. The molecule has 8 nitrogen and oxygen atoms in total. The van der Waals surface area contributed by atoms with Gasteiger partial charge in [-0.15, -0.1) is 0 Å². The van der Waals surface area contributed by atoms with E-state index in [-0.39, 0.29) is 17.1 Å². The number of halogens is 2. The van der Waals surface area contributed by atoms with Gasteiger partial charge in [-0.1, -0.05) is 12.1 Å². The summed E-state index contributed by atoms with van der Waals surface area (Å²) >= 11 is 0. The molecule has 1 aliphatic rings. The van der Waals surface area contributed by atoms with Gasteiger partial charge in [-0.3, -0.25) is 9.59 Å². The Morgan fingerprint density at radius 3 is 2.30 bits per heavy atom. The number of hydrogen-bond donors (Lipinski definition) is 0. The Hall–Kier alpha value is -3.17. The van der Waals surface area contributed by atoms with Crippen molar-refractivity contribution in [3.63, 3.8) is 0 Å². The second-order valence-electron chi connectivity index (χ2n) is 7.53. The maximum atomic E-state index is 12.9. The molecule has 0 spiro atoms. The third kappa shape index (κ3) is 3.81. The zero-order chi connectivity index (χ0) is 22.4. The zero-order valence-corrected chi connectivity index (χ0v) is 17.1. The smallest absolute Gasteiger partial charge is 0.387 e. The number of cyclic esters (lactones) is 2. The molecule has 1 atom stereocenters. The number of carbonyl (C=O) groups excluding carboxylic acids is 2. The van der Waals surface area contributed by atoms with Crippen molar-refractivity contribution in [1.82, 2.24) is 4.57 Å². The minimum atomic E-state index is -3.06. The van der Waals surface area contributed by atoms with Crippen molar-refractivity contribution in [3.8, 4) is 5.75 Å². The number of aromatic nitrogens is 2. The molecular weight excluding hydrogens is 402 g/mol. The fourth-order valence-corrected chi connectivity index (χ4v) is 3.58. The number of esters is 2. The van der Waals surface area contributed by atoms with Crippen LogP contribution in [0.4, 0.5) is 8.78 Å². The molecule has 3 rings (SSSR count). The number of alkyl halides is 2. The van der Waals surface area contributed by atoms with Crippen LogP contribution in [0.3, 0.4) is 0 Å². The number of ether oxygens (including phenoxy) is 3. The summed E-state index contributed by atoms with van der Waals surface area (Å²) in [6.07, 6.45) is 0. The predicted octanol–water partition coefficient (Wildman–Crippen LogP) is 2.46. The summed E-state index contributed by atoms with van der Waals surface area (Å²) in [7, 11) is 1.61. The first-order chi connectivity index (χ1) is 13.9. The first-order valence-electron chi connectivity index (χ1n) is 9.18. The van der Waals surface area contributed by atoms with Crippen LogP contribution in [-0.2, 0) is 26.1 Å². The van der Waals surface area contributed by atoms with Crippen molar-refractivity contribution in [3.05, 3.63) is 52.2 Å². The van der Waals surface area contributed by atoms with Gasteiger partial charge in [-0.05, 0) is 17.7 Å². The molecule has 30 heavy (non-hydrogen) atoms. The number of benzene rings is 1. The average Bonchev–Trinajstić information content (AvgIpc) is 2.80. The Bertz CT molecular complexity index is 956. The summed E-state index contributed by atoms with van der Waals surface area (Å²) in [6.45, 7) is 3.07. The first-order valence-corrected chi connectivity index (χ1v) is 9.18. The SMILES string of the molecule is Cc1c(C)[n+]([O-])c(C(c2cccc(OC(F)F)c2)C2C(=O)OC(C)(C)OC2=O)n1C. The van der Waals surface area contributed by atoms with Gasteiger partial charge < -0.3 is 19.4 Å². The van der Waals surface area contributed by atoms with E-state index in [1.54, 1.807) is 25.5 Å². The Morgan fingerprint density at radius 2 is 1.80 bits per heavy atom. The lowest BCUT2D eigenvalue weighted by molar-refractivity contribution is -0.621. The van der Waals surface area contributed by atoms with E-state index in [1.807, 2.05) is 0 Å². The molecule has 0 aliphatic carbocycles. The Morgan fingerprint density at radius 1 is 1.20 bits per heavy atom. The normalized spacial score (nSPS) is 17.6. The van der Waals surface area contributed by atoms with E-state index in [1.165, 1.54) is 38.1 Å². The van der Waals surface area contributed by atoms with Crippen LogP contribution in [0.5, 0.6) is 5.75 Å². The van der Waals surface area contributed by atoms with Gasteiger partial charge in [0.1, 0.15) is 23.1 Å². The lowest BCUT2D eigenvalue weighted by Crippen LogP contribution is -2.50. The molecule has 1 aromatic heterocycles. The number of rotatable bonds is 5. The molecule has 1 aliphatic heterocycles. The maximum Gasteiger partial charge on any atom is 0.387 e. The Kier molecular flexibility index (Phi) is 5.44. The highest BCUT2D eigenvalue weighted by Crippen LogP contribution is 2.38. The van der Waals surface area contributed by atoms with Gasteiger partial charge in [0, 0.05) is 27.7 Å². The van der Waals surface area contributed by atoms with Crippen molar-refractivity contribution in [2.45, 2.75) is 46.0 Å². The second kappa shape index (κ2) is 7.58. The molecule has 0 saturated carbocycles. The van der Waals surface area contributed by atoms with Crippen molar-refractivity contribution >= 4 is 11.9 Å². The molecule has 1 saturated heterocycles. The van der Waals surface area contributed by atoms with E-state index in [9.17, 15) is 23.6 Å². The highest BCUT2D eigenvalue weighted by atomic mass is 19.3. The molecule has 0 radical (unpaired) electrons. The van der Waals surface area contributed by atoms with Gasteiger partial charge in [0.15, 0.2) is 5.92 Å². The Labute approximate surface area is 171 Å². The molecule has 2 aromatic rings. The molecule has 0 amide bonds. The summed E-state index contributed by atoms with van der Waals surface area (Å²) in [5.74, 6) is -5.98. The van der Waals surface area contributed by atoms with Crippen LogP contribution in [0.25, 0.3) is 0 Å². The summed E-state index contributed by atoms with van der Waals surface area (Å²) < 4.78 is 42.5. The third-order valence-electron chi connectivity index (χ3n) is 5.14. The lowest BCUT2D eigenvalue weighted by Gasteiger charge is -2.35. The third-order valence-corrected chi connectivity index (χ3v) is 5.14. The van der Waals surface area contributed by atoms with E-state index in [2.05, 4.69) is 4.74 Å². The number of imidazole rings is 1. The summed E-state index contributed by atoms with van der Waals surface area (Å²) in [6, 6.07) is 5.51. The van der Waals surface area contributed by atoms with Gasteiger partial charge >= 0.3 is 18.6 Å². The van der Waals surface area contributed by atoms with Crippen LogP contribution >= 0.6 is 0 Å². The molecular formula is C20H22F2N2O6. The molecule has 0 bridgehead atoms. The molecule has 0 N–H and O–H groups in total. The number of hydrogen-bond acceptors (Lipinski definition) is 6. The topological polar surface area (TPSA) is 93.7 Å². The number of nitrogens with zero attached hydrogens (tertiary/aromatic N) is 2. The van der Waals surface area contributed by atoms with Crippen LogP contribution in [0.2, 0.25) is 0 Å². The van der Waals surface area contributed by atoms with Crippen molar-refractivity contribution in [2.75, 3.05) is 0 Å². The predicted molar refractivity (Wildman–Crippen MR) is 98.5 cm³/mol. The van der Waals surface area contributed by atoms with Crippen LogP contribution in [0.15, 0.2) is 24.3 Å². The second-order valence-corrected chi connectivity index (χ2v) is 7.53. The van der Waals surface area contributed by atoms with E-state index in [4.69, 9.17) is 9.47 Å². The van der Waals surface area contributed by atoms with Crippen molar-refractivity contribution in [2.24, 2.45) is 13.0 Å². The lowest BCUT2D eigenvalue weighted by atomic mass is 9.84. The van der Waals surface area contributed by atoms with E-state index in [0.29, 0.717) is 16.1 Å². The summed E-state index contributed by atoms with van der Waals surface area (Å²) in [4.78, 5) is 25.6. The van der Waals surface area contributed by atoms with Crippen LogP contribution in [0.1, 0.15) is 42.5 Å². The van der Waals surface area contributed by atoms with E-state index in [0.717, 1.165) is 0 Å². The molecule has 1 aromatic carbocycles. The highest BCUT2D eigenvalue weighted by molar-refractivity contribution is 5.98. The van der Waals surface area contributed by atoms with Gasteiger partial charge in [0.25, 0.3) is 11.6 Å². The van der Waals surface area contributed by atoms with E-state index < -0.39 is 36.2 Å². The zero-order valence-electron chi connectivity index (χ0n) is 17.1. The molecule has 10 heteroatoms. The van der Waals surface area contributed by atoms with Crippen molar-refractivity contribution < 1.29 is 37.3 Å². The molecule has 1 fully saturated rings. The van der Waals surface area contributed by atoms with Gasteiger partial charge in [-0.25, -0.2) is 9.30 Å². The quantitative estimate of drug-likeness (QED) is 0.317. The Balaban J connectivity index is 2.20. The van der Waals surface area contributed by atoms with Gasteiger partial charge in [0.05, 0.1) is 7.05 Å². The van der Waals surface area contributed by atoms with Crippen LogP contribution in [-0.4, -0.2) is 28.9 Å². The van der Waals surface area contributed by atoms with Crippen LogP contribution < -0.4 is 9.47 Å². The molecule has 2 heterocycles. The summed E-state index contributed by atoms with van der Waals surface area (Å²) in [5.41, 5.74) is 1.23. The summed E-state index contributed by atoms with van der Waals surface area (Å²) in [5, 5.41) is 12.9. The average molecular weight is 424 g/mol. The van der Waals surface area contributed by atoms with E-state index >= 15 is 0 Å². The minimum Gasteiger partial charge on any atom is -0.711 e. The number of carbonyl (C=O) groups is 2. The first kappa shape index (κ1) is 21.5. The molecule has 162 valence electrons. The highest BCUT2D eigenvalue weighted by Gasteiger charge is 2.51. The van der Waals surface area contributed by atoms with Gasteiger partial charge in [0.2, 0.25) is 0 Å².